The van der Waals surface area contributed by atoms with Crippen molar-refractivity contribution >= 4 is 11.8 Å². The van der Waals surface area contributed by atoms with Crippen molar-refractivity contribution in [3.8, 4) is 0 Å². The molecule has 0 aliphatic carbocycles. The lowest BCUT2D eigenvalue weighted by atomic mass is 10.1. The normalized spacial score (nSPS) is 22.8. The number of ether oxygens (including phenoxy) is 5. The number of rotatable bonds is 0. The van der Waals surface area contributed by atoms with Gasteiger partial charge in [-0.1, -0.05) is 6.42 Å². The van der Waals surface area contributed by atoms with Gasteiger partial charge in [-0.05, 0) is 12.8 Å². The molecule has 1 aliphatic rings. The fourth-order valence-electron chi connectivity index (χ4n) is 2.13. The number of Topliss-reactive ketones (excluding diaryl/α,β-unsaturated/α-hetero) is 1. The van der Waals surface area contributed by atoms with Gasteiger partial charge in [-0.2, -0.15) is 0 Å². The summed E-state index contributed by atoms with van der Waals surface area (Å²) in [5.74, 6) is -0.0138. The van der Waals surface area contributed by atoms with Crippen molar-refractivity contribution in [2.24, 2.45) is 0 Å². The molecule has 0 unspecified atom stereocenters. The molecule has 7 nitrogen and oxygen atoms in total. The first-order valence-electron chi connectivity index (χ1n) is 8.77. The molecule has 0 saturated carbocycles. The average molecular weight is 346 g/mol. The van der Waals surface area contributed by atoms with Crippen LogP contribution in [0.2, 0.25) is 0 Å². The molecule has 0 spiro atoms. The molecule has 1 saturated heterocycles. The van der Waals surface area contributed by atoms with E-state index in [0.29, 0.717) is 72.1 Å². The zero-order valence-electron chi connectivity index (χ0n) is 14.5. The van der Waals surface area contributed by atoms with Gasteiger partial charge in [0.15, 0.2) is 0 Å². The third-order valence-electron chi connectivity index (χ3n) is 3.47. The maximum Gasteiger partial charge on any atom is 0.305 e. The standard InChI is InChI=1S/C17H30O7/c18-16-4-2-1-3-5-17(19)24-15-14-23-13-12-22-11-10-21-9-8-20-7-6-16/h1-15H2. The highest BCUT2D eigenvalue weighted by atomic mass is 16.6. The quantitative estimate of drug-likeness (QED) is 0.615. The van der Waals surface area contributed by atoms with Gasteiger partial charge < -0.3 is 23.7 Å². The molecular weight excluding hydrogens is 316 g/mol. The van der Waals surface area contributed by atoms with Gasteiger partial charge in [-0.25, -0.2) is 0 Å². The summed E-state index contributed by atoms with van der Waals surface area (Å²) in [6, 6.07) is 0. The number of hydrogen-bond acceptors (Lipinski definition) is 7. The molecule has 140 valence electrons. The van der Waals surface area contributed by atoms with Crippen LogP contribution in [0.25, 0.3) is 0 Å². The predicted molar refractivity (Wildman–Crippen MR) is 86.9 cm³/mol. The molecule has 0 aromatic carbocycles. The summed E-state index contributed by atoms with van der Waals surface area (Å²) in [6.07, 6.45) is 3.77. The predicted octanol–water partition coefficient (Wildman–Crippen LogP) is 1.52. The van der Waals surface area contributed by atoms with Crippen LogP contribution in [-0.2, 0) is 33.3 Å². The Morgan fingerprint density at radius 1 is 0.500 bits per heavy atom. The Balaban J connectivity index is 2.17. The second-order valence-corrected chi connectivity index (χ2v) is 5.52. The molecule has 0 aromatic rings. The Morgan fingerprint density at radius 2 is 1.00 bits per heavy atom. The van der Waals surface area contributed by atoms with Crippen LogP contribution in [0.15, 0.2) is 0 Å². The van der Waals surface area contributed by atoms with Gasteiger partial charge >= 0.3 is 5.97 Å². The number of hydrogen-bond donors (Lipinski definition) is 0. The molecule has 7 heteroatoms. The van der Waals surface area contributed by atoms with Crippen LogP contribution < -0.4 is 0 Å². The monoisotopic (exact) mass is 346 g/mol. The maximum absolute atomic E-state index is 11.7. The summed E-state index contributed by atoms with van der Waals surface area (Å²) >= 11 is 0. The molecule has 0 atom stereocenters. The Hall–Kier alpha value is -1.02. The number of esters is 1. The number of carbonyl (C=O) groups excluding carboxylic acids is 2. The molecular formula is C17H30O7. The van der Waals surface area contributed by atoms with Crippen molar-refractivity contribution in [1.29, 1.82) is 0 Å². The van der Waals surface area contributed by atoms with E-state index < -0.39 is 0 Å². The van der Waals surface area contributed by atoms with E-state index in [0.717, 1.165) is 19.3 Å². The summed E-state index contributed by atoms with van der Waals surface area (Å²) in [4.78, 5) is 23.2. The molecule has 1 heterocycles. The van der Waals surface area contributed by atoms with E-state index in [-0.39, 0.29) is 18.4 Å². The molecule has 1 fully saturated rings. The second-order valence-electron chi connectivity index (χ2n) is 5.52. The van der Waals surface area contributed by atoms with E-state index in [1.54, 1.807) is 0 Å². The topological polar surface area (TPSA) is 80.3 Å². The molecule has 0 aromatic heterocycles. The third kappa shape index (κ3) is 13.4. The van der Waals surface area contributed by atoms with Crippen molar-refractivity contribution < 1.29 is 33.3 Å². The summed E-state index contributed by atoms with van der Waals surface area (Å²) in [5.41, 5.74) is 0. The van der Waals surface area contributed by atoms with Crippen LogP contribution in [0.3, 0.4) is 0 Å². The lowest BCUT2D eigenvalue weighted by molar-refractivity contribution is -0.145. The van der Waals surface area contributed by atoms with Crippen LogP contribution in [-0.4, -0.2) is 71.2 Å². The van der Waals surface area contributed by atoms with Crippen molar-refractivity contribution in [2.75, 3.05) is 59.5 Å². The fraction of sp³-hybridized carbons (Fsp3) is 0.882. The van der Waals surface area contributed by atoms with Gasteiger partial charge in [0.05, 0.1) is 52.9 Å². The SMILES string of the molecule is O=C1CCCCCC(=O)OCCOCCOCCOCCOCC1. The molecule has 24 heavy (non-hydrogen) atoms. The zero-order chi connectivity index (χ0) is 17.3. The Bertz CT molecular complexity index is 303. The van der Waals surface area contributed by atoms with Crippen molar-refractivity contribution in [1.82, 2.24) is 0 Å². The van der Waals surface area contributed by atoms with Gasteiger partial charge in [0.2, 0.25) is 0 Å². The van der Waals surface area contributed by atoms with Gasteiger partial charge in [0.1, 0.15) is 12.4 Å². The molecule has 0 bridgehead atoms. The number of carbonyl (C=O) groups is 2. The number of ketones is 1. The van der Waals surface area contributed by atoms with E-state index in [2.05, 4.69) is 0 Å². The van der Waals surface area contributed by atoms with E-state index in [9.17, 15) is 9.59 Å². The smallest absolute Gasteiger partial charge is 0.305 e. The number of cyclic esters (lactones) is 1. The fourth-order valence-corrected chi connectivity index (χ4v) is 2.13. The van der Waals surface area contributed by atoms with Crippen molar-refractivity contribution in [3.63, 3.8) is 0 Å². The van der Waals surface area contributed by atoms with Crippen molar-refractivity contribution in [3.05, 3.63) is 0 Å². The molecule has 0 amide bonds. The molecule has 1 rings (SSSR count). The summed E-state index contributed by atoms with van der Waals surface area (Å²) in [6.45, 7) is 4.00. The van der Waals surface area contributed by atoms with Crippen LogP contribution in [0.1, 0.15) is 38.5 Å². The molecule has 0 N–H and O–H groups in total. The third-order valence-corrected chi connectivity index (χ3v) is 3.47. The highest BCUT2D eigenvalue weighted by Gasteiger charge is 2.05. The zero-order valence-corrected chi connectivity index (χ0v) is 14.5. The van der Waals surface area contributed by atoms with E-state index >= 15 is 0 Å². The Kier molecular flexibility index (Phi) is 13.6. The first kappa shape index (κ1) is 21.0. The van der Waals surface area contributed by atoms with Gasteiger partial charge in [-0.3, -0.25) is 9.59 Å². The maximum atomic E-state index is 11.7. The first-order chi connectivity index (χ1) is 11.8. The van der Waals surface area contributed by atoms with E-state index in [4.69, 9.17) is 23.7 Å². The summed E-state index contributed by atoms with van der Waals surface area (Å²) in [5, 5.41) is 0. The lowest BCUT2D eigenvalue weighted by Gasteiger charge is -2.08. The van der Waals surface area contributed by atoms with Gasteiger partial charge in [-0.15, -0.1) is 0 Å². The second kappa shape index (κ2) is 15.5. The minimum Gasteiger partial charge on any atom is -0.463 e. The van der Waals surface area contributed by atoms with Gasteiger partial charge in [0, 0.05) is 19.3 Å². The Labute approximate surface area is 143 Å². The van der Waals surface area contributed by atoms with Crippen molar-refractivity contribution in [2.45, 2.75) is 38.5 Å². The molecule has 0 radical (unpaired) electrons. The van der Waals surface area contributed by atoms with E-state index in [1.165, 1.54) is 0 Å². The van der Waals surface area contributed by atoms with Crippen LogP contribution in [0.5, 0.6) is 0 Å². The van der Waals surface area contributed by atoms with Crippen LogP contribution in [0.4, 0.5) is 0 Å². The van der Waals surface area contributed by atoms with E-state index in [1.807, 2.05) is 0 Å². The average Bonchev–Trinajstić information content (AvgIpc) is 2.57. The Morgan fingerprint density at radius 3 is 1.62 bits per heavy atom. The molecule has 1 aliphatic heterocycles. The highest BCUT2D eigenvalue weighted by molar-refractivity contribution is 5.78. The summed E-state index contributed by atoms with van der Waals surface area (Å²) < 4.78 is 26.4. The highest BCUT2D eigenvalue weighted by Crippen LogP contribution is 2.06. The largest absolute Gasteiger partial charge is 0.463 e. The minimum absolute atomic E-state index is 0.200. The van der Waals surface area contributed by atoms with Crippen LogP contribution in [0, 0.1) is 0 Å². The summed E-state index contributed by atoms with van der Waals surface area (Å²) in [7, 11) is 0. The minimum atomic E-state index is -0.214. The lowest BCUT2D eigenvalue weighted by Crippen LogP contribution is -2.15. The van der Waals surface area contributed by atoms with Crippen LogP contribution >= 0.6 is 0 Å². The van der Waals surface area contributed by atoms with Gasteiger partial charge in [0.25, 0.3) is 0 Å². The first-order valence-corrected chi connectivity index (χ1v) is 8.77.